The van der Waals surface area contributed by atoms with Gasteiger partial charge < -0.3 is 16.5 Å². The van der Waals surface area contributed by atoms with Crippen LogP contribution in [0.3, 0.4) is 0 Å². The Morgan fingerprint density at radius 1 is 1.64 bits per heavy atom. The van der Waals surface area contributed by atoms with Gasteiger partial charge in [-0.25, -0.2) is 9.97 Å². The van der Waals surface area contributed by atoms with Crippen LogP contribution in [-0.2, 0) is 0 Å². The van der Waals surface area contributed by atoms with Crippen LogP contribution >= 0.6 is 0 Å². The fraction of sp³-hybridized carbons (Fsp3) is 0.214. The number of anilines is 1. The molecular weight excluding hydrogens is 282 g/mol. The fourth-order valence-electron chi connectivity index (χ4n) is 2.02. The molecule has 1 atom stereocenters. The van der Waals surface area contributed by atoms with Crippen molar-refractivity contribution >= 4 is 24.2 Å². The molecular formula is C14H18N7O+. The maximum atomic E-state index is 11.4. The number of quaternary nitrogens is 1. The van der Waals surface area contributed by atoms with Crippen LogP contribution in [0.1, 0.15) is 22.6 Å². The molecule has 8 nitrogen and oxygen atoms in total. The lowest BCUT2D eigenvalue weighted by molar-refractivity contribution is -0.614. The van der Waals surface area contributed by atoms with Gasteiger partial charge in [0, 0.05) is 18.8 Å². The fourth-order valence-corrected chi connectivity index (χ4v) is 2.02. The number of rotatable bonds is 6. The van der Waals surface area contributed by atoms with Crippen molar-refractivity contribution < 1.29 is 10.2 Å². The van der Waals surface area contributed by atoms with Crippen molar-refractivity contribution in [2.75, 3.05) is 5.32 Å². The predicted molar refractivity (Wildman–Crippen MR) is 83.7 cm³/mol. The van der Waals surface area contributed by atoms with Crippen molar-refractivity contribution in [1.82, 2.24) is 9.97 Å². The van der Waals surface area contributed by atoms with Crippen LogP contribution in [-0.4, -0.2) is 34.3 Å². The van der Waals surface area contributed by atoms with Gasteiger partial charge >= 0.3 is 0 Å². The molecule has 0 saturated heterocycles. The lowest BCUT2D eigenvalue weighted by Gasteiger charge is -2.19. The topological polar surface area (TPSA) is 134 Å². The molecule has 2 rings (SSSR count). The summed E-state index contributed by atoms with van der Waals surface area (Å²) in [6, 6.07) is -0.0289. The second-order valence-electron chi connectivity index (χ2n) is 4.72. The van der Waals surface area contributed by atoms with Crippen LogP contribution < -0.4 is 16.5 Å². The zero-order valence-corrected chi connectivity index (χ0v) is 12.2. The van der Waals surface area contributed by atoms with Crippen LogP contribution in [0.15, 0.2) is 35.2 Å². The molecule has 1 aliphatic carbocycles. The first-order valence-corrected chi connectivity index (χ1v) is 6.73. The first-order valence-electron chi connectivity index (χ1n) is 6.73. The van der Waals surface area contributed by atoms with Gasteiger partial charge in [0.1, 0.15) is 23.6 Å². The Bertz CT molecular complexity index is 663. The lowest BCUT2D eigenvalue weighted by Crippen LogP contribution is -2.76. The molecule has 0 spiro atoms. The van der Waals surface area contributed by atoms with Crippen LogP contribution in [0, 0.1) is 12.3 Å². The highest BCUT2D eigenvalue weighted by Gasteiger charge is 2.18. The van der Waals surface area contributed by atoms with Crippen molar-refractivity contribution in [2.24, 2.45) is 10.8 Å². The minimum absolute atomic E-state index is 0.0289. The number of hydrogen-bond donors (Lipinski definition) is 4. The maximum Gasteiger partial charge on any atom is 0.254 e. The summed E-state index contributed by atoms with van der Waals surface area (Å²) in [5.41, 5.74) is 8.31. The van der Waals surface area contributed by atoms with Gasteiger partial charge in [-0.3, -0.25) is 4.79 Å². The Kier molecular flexibility index (Phi) is 5.10. The quantitative estimate of drug-likeness (QED) is 0.326. The smallest absolute Gasteiger partial charge is 0.254 e. The molecule has 1 heterocycles. The molecule has 8 heteroatoms. The maximum absolute atomic E-state index is 11.4. The summed E-state index contributed by atoms with van der Waals surface area (Å²) in [4.78, 5) is 19.7. The molecule has 0 saturated carbocycles. The average Bonchev–Trinajstić information content (AvgIpc) is 2.48. The largest absolute Gasteiger partial charge is 0.365 e. The molecule has 1 unspecified atom stereocenters. The Hall–Kier alpha value is -2.87. The number of aryl methyl sites for hydroxylation is 1. The van der Waals surface area contributed by atoms with E-state index in [2.05, 4.69) is 20.4 Å². The van der Waals surface area contributed by atoms with Crippen molar-refractivity contribution in [3.8, 4) is 0 Å². The first-order chi connectivity index (χ1) is 10.6. The number of nitrogens with zero attached hydrogens (tertiary/aromatic N) is 3. The zero-order chi connectivity index (χ0) is 15.9. The number of amides is 1. The highest BCUT2D eigenvalue weighted by Crippen LogP contribution is 2.16. The second kappa shape index (κ2) is 7.23. The van der Waals surface area contributed by atoms with Crippen LogP contribution in [0.5, 0.6) is 0 Å². The third-order valence-corrected chi connectivity index (χ3v) is 3.01. The monoisotopic (exact) mass is 300 g/mol. The SMILES string of the molecule is Cc1ncc(C(N)=O)c(NC2C=CC=C([NH2+]N=CC=N)C2)n1. The zero-order valence-electron chi connectivity index (χ0n) is 12.2. The van der Waals surface area contributed by atoms with E-state index in [1.807, 2.05) is 18.2 Å². The Balaban J connectivity index is 2.09. The lowest BCUT2D eigenvalue weighted by atomic mass is 10.1. The van der Waals surface area contributed by atoms with E-state index in [-0.39, 0.29) is 11.6 Å². The number of nitrogens with two attached hydrogens (primary N) is 2. The van der Waals surface area contributed by atoms with E-state index in [9.17, 15) is 4.79 Å². The summed E-state index contributed by atoms with van der Waals surface area (Å²) in [5.74, 6) is 0.421. The minimum atomic E-state index is -0.569. The summed E-state index contributed by atoms with van der Waals surface area (Å²) in [7, 11) is 0. The number of primary amides is 1. The summed E-state index contributed by atoms with van der Waals surface area (Å²) in [5, 5.41) is 14.1. The molecule has 6 N–H and O–H groups in total. The summed E-state index contributed by atoms with van der Waals surface area (Å²) in [6.07, 6.45) is 10.5. The van der Waals surface area contributed by atoms with Crippen molar-refractivity contribution in [3.63, 3.8) is 0 Å². The van der Waals surface area contributed by atoms with E-state index in [0.717, 1.165) is 11.9 Å². The summed E-state index contributed by atoms with van der Waals surface area (Å²) < 4.78 is 0. The van der Waals surface area contributed by atoms with Gasteiger partial charge in [-0.05, 0) is 13.0 Å². The molecule has 1 aliphatic rings. The molecule has 1 amide bonds. The van der Waals surface area contributed by atoms with Gasteiger partial charge in [0.05, 0.1) is 11.6 Å². The summed E-state index contributed by atoms with van der Waals surface area (Å²) >= 11 is 0. The molecule has 0 aliphatic heterocycles. The molecule has 1 aromatic heterocycles. The number of nitrogens with one attached hydrogen (secondary N) is 2. The van der Waals surface area contributed by atoms with Gasteiger partial charge in [0.2, 0.25) is 0 Å². The normalized spacial score (nSPS) is 17.3. The van der Waals surface area contributed by atoms with Crippen LogP contribution in [0.4, 0.5) is 5.82 Å². The number of hydrogen-bond acceptors (Lipinski definition) is 6. The van der Waals surface area contributed by atoms with Crippen molar-refractivity contribution in [2.45, 2.75) is 19.4 Å². The Labute approximate surface area is 127 Å². The van der Waals surface area contributed by atoms with Gasteiger partial charge in [-0.15, -0.1) is 0 Å². The molecule has 0 bridgehead atoms. The van der Waals surface area contributed by atoms with Gasteiger partial charge in [0.25, 0.3) is 5.91 Å². The van der Waals surface area contributed by atoms with Crippen molar-refractivity contribution in [1.29, 1.82) is 5.41 Å². The Morgan fingerprint density at radius 2 is 2.45 bits per heavy atom. The molecule has 0 aromatic carbocycles. The molecule has 114 valence electrons. The highest BCUT2D eigenvalue weighted by atomic mass is 16.1. The van der Waals surface area contributed by atoms with E-state index in [1.165, 1.54) is 12.4 Å². The summed E-state index contributed by atoms with van der Waals surface area (Å²) in [6.45, 7) is 1.75. The molecule has 0 fully saturated rings. The van der Waals surface area contributed by atoms with Gasteiger partial charge in [-0.2, -0.15) is 5.43 Å². The van der Waals surface area contributed by atoms with E-state index in [1.54, 1.807) is 12.3 Å². The minimum Gasteiger partial charge on any atom is -0.365 e. The van der Waals surface area contributed by atoms with E-state index >= 15 is 0 Å². The molecule has 22 heavy (non-hydrogen) atoms. The number of aromatic nitrogens is 2. The number of carbonyl (C=O) groups is 1. The molecule has 0 radical (unpaired) electrons. The highest BCUT2D eigenvalue weighted by molar-refractivity contribution is 6.14. The molecule has 1 aromatic rings. The van der Waals surface area contributed by atoms with Crippen LogP contribution in [0.2, 0.25) is 0 Å². The van der Waals surface area contributed by atoms with E-state index in [0.29, 0.717) is 18.1 Å². The standard InChI is InChI=1S/C14H17N7O/c1-9-17-8-12(13(16)22)14(19-9)20-10-3-2-4-11(7-10)21-18-6-5-15/h2-6,8,10,15,21H,7H2,1H3,(H2,16,22)(H,17,19,20)/p+1. The number of allylic oxidation sites excluding steroid dienone is 2. The second-order valence-corrected chi connectivity index (χ2v) is 4.72. The van der Waals surface area contributed by atoms with E-state index in [4.69, 9.17) is 11.1 Å². The van der Waals surface area contributed by atoms with E-state index < -0.39 is 5.91 Å². The Morgan fingerprint density at radius 3 is 3.18 bits per heavy atom. The third kappa shape index (κ3) is 4.06. The average molecular weight is 300 g/mol. The predicted octanol–water partition coefficient (Wildman–Crippen LogP) is -0.293. The third-order valence-electron chi connectivity index (χ3n) is 3.01. The number of carbonyl (C=O) groups excluding carboxylic acids is 1. The van der Waals surface area contributed by atoms with Crippen molar-refractivity contribution in [3.05, 3.63) is 41.5 Å². The van der Waals surface area contributed by atoms with Gasteiger partial charge in [0.15, 0.2) is 0 Å². The van der Waals surface area contributed by atoms with Crippen LogP contribution in [0.25, 0.3) is 0 Å². The first kappa shape index (κ1) is 15.5. The van der Waals surface area contributed by atoms with Gasteiger partial charge in [-0.1, -0.05) is 17.3 Å².